The van der Waals surface area contributed by atoms with E-state index in [1.54, 1.807) is 12.1 Å². The Kier molecular flexibility index (Phi) is 4.72. The van der Waals surface area contributed by atoms with Crippen molar-refractivity contribution in [2.75, 3.05) is 0 Å². The van der Waals surface area contributed by atoms with Crippen LogP contribution in [0.2, 0.25) is 0 Å². The van der Waals surface area contributed by atoms with Crippen molar-refractivity contribution in [2.24, 2.45) is 5.92 Å². The Labute approximate surface area is 151 Å². The quantitative estimate of drug-likeness (QED) is 0.885. The summed E-state index contributed by atoms with van der Waals surface area (Å²) >= 11 is 0. The molecular weight excluding hydrogens is 336 g/mol. The van der Waals surface area contributed by atoms with Crippen LogP contribution in [0.25, 0.3) is 0 Å². The van der Waals surface area contributed by atoms with Gasteiger partial charge in [0.1, 0.15) is 11.6 Å². The van der Waals surface area contributed by atoms with E-state index >= 15 is 0 Å². The summed E-state index contributed by atoms with van der Waals surface area (Å²) in [4.78, 5) is 12.6. The summed E-state index contributed by atoms with van der Waals surface area (Å²) in [6.45, 7) is 0. The number of carbonyl (C=O) groups excluding carboxylic acids is 1. The zero-order chi connectivity index (χ0) is 18.1. The summed E-state index contributed by atoms with van der Waals surface area (Å²) in [6, 6.07) is 12.5. The van der Waals surface area contributed by atoms with Crippen LogP contribution in [0.4, 0.5) is 8.78 Å². The van der Waals surface area contributed by atoms with Crippen molar-refractivity contribution in [3.8, 4) is 0 Å². The predicted octanol–water partition coefficient (Wildman–Crippen LogP) is 4.39. The number of nitrogens with one attached hydrogen (secondary N) is 1. The molecule has 1 saturated carbocycles. The van der Waals surface area contributed by atoms with Crippen LogP contribution in [-0.2, 0) is 4.74 Å². The van der Waals surface area contributed by atoms with Gasteiger partial charge < -0.3 is 10.1 Å². The molecule has 2 aliphatic rings. The molecule has 136 valence electrons. The molecule has 0 radical (unpaired) electrons. The van der Waals surface area contributed by atoms with Gasteiger partial charge in [0.25, 0.3) is 5.91 Å². The number of hydrogen-bond donors (Lipinski definition) is 1. The molecule has 0 bridgehead atoms. The molecule has 1 N–H and O–H groups in total. The summed E-state index contributed by atoms with van der Waals surface area (Å²) in [6.07, 6.45) is 3.06. The standard InChI is InChI=1S/C21H21F2NO2/c22-15-9-14(10-16(23)11-15)20-12-18(17-7-4-8-19(17)26-20)24-21(25)13-5-2-1-3-6-13/h1-3,5-6,9-11,17-20H,4,7-8,12H2,(H,24,25)/t17-,18+,19+,20+/m0/s1. The van der Waals surface area contributed by atoms with Gasteiger partial charge in [-0.05, 0) is 49.1 Å². The average molecular weight is 357 g/mol. The van der Waals surface area contributed by atoms with Crippen molar-refractivity contribution in [1.29, 1.82) is 0 Å². The first-order valence-electron chi connectivity index (χ1n) is 9.07. The minimum atomic E-state index is -0.609. The van der Waals surface area contributed by atoms with Gasteiger partial charge in [-0.3, -0.25) is 4.79 Å². The fourth-order valence-corrected chi connectivity index (χ4v) is 4.24. The molecule has 26 heavy (non-hydrogen) atoms. The second kappa shape index (κ2) is 7.16. The molecule has 2 aromatic rings. The Bertz CT molecular complexity index is 776. The summed E-state index contributed by atoms with van der Waals surface area (Å²) in [5.41, 5.74) is 1.11. The molecule has 0 unspecified atom stereocenters. The minimum Gasteiger partial charge on any atom is -0.370 e. The maximum absolute atomic E-state index is 13.6. The van der Waals surface area contributed by atoms with Crippen LogP contribution in [-0.4, -0.2) is 18.1 Å². The number of benzene rings is 2. The fourth-order valence-electron chi connectivity index (χ4n) is 4.24. The Balaban J connectivity index is 1.56. The molecule has 1 amide bonds. The Hall–Kier alpha value is -2.27. The first kappa shape index (κ1) is 17.2. The van der Waals surface area contributed by atoms with Crippen molar-refractivity contribution in [1.82, 2.24) is 5.32 Å². The van der Waals surface area contributed by atoms with Crippen LogP contribution in [0.15, 0.2) is 48.5 Å². The molecule has 0 aromatic heterocycles. The average Bonchev–Trinajstić information content (AvgIpc) is 3.10. The Morgan fingerprint density at radius 3 is 2.50 bits per heavy atom. The van der Waals surface area contributed by atoms with Crippen molar-refractivity contribution in [3.05, 3.63) is 71.3 Å². The molecule has 1 aliphatic carbocycles. The number of ether oxygens (including phenoxy) is 1. The molecule has 5 heteroatoms. The van der Waals surface area contributed by atoms with E-state index in [-0.39, 0.29) is 24.0 Å². The molecule has 1 heterocycles. The molecule has 1 saturated heterocycles. The highest BCUT2D eigenvalue weighted by molar-refractivity contribution is 5.94. The number of halogens is 2. The minimum absolute atomic E-state index is 0.0150. The smallest absolute Gasteiger partial charge is 0.251 e. The normalized spacial score (nSPS) is 27.8. The highest BCUT2D eigenvalue weighted by atomic mass is 19.1. The van der Waals surface area contributed by atoms with Gasteiger partial charge in [-0.1, -0.05) is 24.6 Å². The van der Waals surface area contributed by atoms with Crippen LogP contribution < -0.4 is 5.32 Å². The SMILES string of the molecule is O=C(N[C@@H]1C[C@H](c2cc(F)cc(F)c2)O[C@@H]2CCC[C@@H]12)c1ccccc1. The van der Waals surface area contributed by atoms with Gasteiger partial charge >= 0.3 is 0 Å². The largest absolute Gasteiger partial charge is 0.370 e. The van der Waals surface area contributed by atoms with E-state index in [1.165, 1.54) is 12.1 Å². The molecule has 4 atom stereocenters. The monoisotopic (exact) mass is 357 g/mol. The van der Waals surface area contributed by atoms with Crippen molar-refractivity contribution in [2.45, 2.75) is 43.9 Å². The van der Waals surface area contributed by atoms with Crippen LogP contribution in [0.3, 0.4) is 0 Å². The van der Waals surface area contributed by atoms with Crippen molar-refractivity contribution < 1.29 is 18.3 Å². The van der Waals surface area contributed by atoms with E-state index in [0.717, 1.165) is 25.3 Å². The van der Waals surface area contributed by atoms with Gasteiger partial charge in [0, 0.05) is 23.6 Å². The third-order valence-electron chi connectivity index (χ3n) is 5.44. The Morgan fingerprint density at radius 1 is 1.04 bits per heavy atom. The van der Waals surface area contributed by atoms with Crippen LogP contribution in [0.1, 0.15) is 47.7 Å². The summed E-state index contributed by atoms with van der Waals surface area (Å²) < 4.78 is 33.4. The number of hydrogen-bond acceptors (Lipinski definition) is 2. The van der Waals surface area contributed by atoms with Crippen molar-refractivity contribution in [3.63, 3.8) is 0 Å². The lowest BCUT2D eigenvalue weighted by Crippen LogP contribution is -2.48. The lowest BCUT2D eigenvalue weighted by Gasteiger charge is -2.39. The molecule has 4 rings (SSSR count). The molecular formula is C21H21F2NO2. The van der Waals surface area contributed by atoms with E-state index in [0.29, 0.717) is 17.5 Å². The zero-order valence-electron chi connectivity index (χ0n) is 14.3. The third-order valence-corrected chi connectivity index (χ3v) is 5.44. The predicted molar refractivity (Wildman–Crippen MR) is 93.6 cm³/mol. The molecule has 3 nitrogen and oxygen atoms in total. The van der Waals surface area contributed by atoms with Crippen LogP contribution in [0.5, 0.6) is 0 Å². The van der Waals surface area contributed by atoms with Gasteiger partial charge in [0.05, 0.1) is 12.2 Å². The second-order valence-electron chi connectivity index (χ2n) is 7.14. The first-order valence-corrected chi connectivity index (χ1v) is 9.07. The van der Waals surface area contributed by atoms with Crippen molar-refractivity contribution >= 4 is 5.91 Å². The topological polar surface area (TPSA) is 38.3 Å². The number of amides is 1. The molecule has 2 fully saturated rings. The van der Waals surface area contributed by atoms with Gasteiger partial charge in [-0.25, -0.2) is 8.78 Å². The molecule has 1 aliphatic heterocycles. The number of carbonyl (C=O) groups is 1. The van der Waals surface area contributed by atoms with Gasteiger partial charge in [0.15, 0.2) is 0 Å². The first-order chi connectivity index (χ1) is 12.6. The highest BCUT2D eigenvalue weighted by Gasteiger charge is 2.42. The maximum Gasteiger partial charge on any atom is 0.251 e. The lowest BCUT2D eigenvalue weighted by molar-refractivity contribution is -0.0848. The van der Waals surface area contributed by atoms with E-state index in [1.807, 2.05) is 18.2 Å². The number of fused-ring (bicyclic) bond motifs is 1. The summed E-state index contributed by atoms with van der Waals surface area (Å²) in [5, 5.41) is 3.13. The van der Waals surface area contributed by atoms with Crippen LogP contribution in [0, 0.1) is 17.6 Å². The van der Waals surface area contributed by atoms with Gasteiger partial charge in [-0.2, -0.15) is 0 Å². The second-order valence-corrected chi connectivity index (χ2v) is 7.14. The third kappa shape index (κ3) is 3.49. The van der Waals surface area contributed by atoms with E-state index in [4.69, 9.17) is 4.74 Å². The summed E-state index contributed by atoms with van der Waals surface area (Å²) in [7, 11) is 0. The van der Waals surface area contributed by atoms with E-state index in [9.17, 15) is 13.6 Å². The maximum atomic E-state index is 13.6. The summed E-state index contributed by atoms with van der Waals surface area (Å²) in [5.74, 6) is -1.09. The fraction of sp³-hybridized carbons (Fsp3) is 0.381. The van der Waals surface area contributed by atoms with Gasteiger partial charge in [-0.15, -0.1) is 0 Å². The zero-order valence-corrected chi connectivity index (χ0v) is 14.3. The van der Waals surface area contributed by atoms with E-state index < -0.39 is 17.7 Å². The number of rotatable bonds is 3. The molecule has 2 aromatic carbocycles. The Morgan fingerprint density at radius 2 is 1.77 bits per heavy atom. The molecule has 0 spiro atoms. The van der Waals surface area contributed by atoms with Crippen LogP contribution >= 0.6 is 0 Å². The van der Waals surface area contributed by atoms with E-state index in [2.05, 4.69) is 5.32 Å². The lowest BCUT2D eigenvalue weighted by atomic mass is 9.86. The van der Waals surface area contributed by atoms with Gasteiger partial charge in [0.2, 0.25) is 0 Å². The highest BCUT2D eigenvalue weighted by Crippen LogP contribution is 2.42.